The molecule has 29 heavy (non-hydrogen) atoms. The molecule has 4 N–H and O–H groups in total. The number of nitrogens with one attached hydrogen (secondary N) is 1. The second kappa shape index (κ2) is 7.71. The number of carbonyl (C=O) groups excluding carboxylic acids is 1. The van der Waals surface area contributed by atoms with Crippen LogP contribution in [-0.4, -0.2) is 33.7 Å². The molecule has 1 fully saturated rings. The van der Waals surface area contributed by atoms with Gasteiger partial charge >= 0.3 is 33.0 Å². The van der Waals surface area contributed by atoms with E-state index in [0.717, 1.165) is 34.9 Å². The summed E-state index contributed by atoms with van der Waals surface area (Å²) in [6, 6.07) is 1.99. The van der Waals surface area contributed by atoms with E-state index in [1.54, 1.807) is 11.8 Å². The molecule has 2 aromatic rings. The molecular weight excluding hydrogens is 463 g/mol. The van der Waals surface area contributed by atoms with Crippen LogP contribution in [-0.2, 0) is 13.1 Å². The van der Waals surface area contributed by atoms with E-state index in [1.807, 2.05) is 28.6 Å². The predicted molar refractivity (Wildman–Crippen MR) is 100 cm³/mol. The molecule has 166 valence electrons. The number of nitrogens with zero attached hydrogens (tertiary/aromatic N) is 3. The van der Waals surface area contributed by atoms with Gasteiger partial charge in [0.15, 0.2) is 0 Å². The molecule has 1 aliphatic carbocycles. The molecule has 1 amide bonds. The number of rotatable bonds is 7. The van der Waals surface area contributed by atoms with Crippen LogP contribution in [0.4, 0.5) is 25.2 Å². The van der Waals surface area contributed by atoms with Crippen LogP contribution < -0.4 is 11.1 Å². The van der Waals surface area contributed by atoms with Crippen molar-refractivity contribution < 1.29 is 35.7 Å². The van der Waals surface area contributed by atoms with E-state index in [-0.39, 0.29) is 11.3 Å². The molecule has 0 aliphatic heterocycles. The molecule has 0 saturated heterocycles. The van der Waals surface area contributed by atoms with Gasteiger partial charge in [0.05, 0.1) is 6.20 Å². The summed E-state index contributed by atoms with van der Waals surface area (Å²) in [4.78, 5) is 14.2. The first kappa shape index (κ1) is 23.9. The van der Waals surface area contributed by atoms with Gasteiger partial charge in [0, 0.05) is 23.4 Å². The Morgan fingerprint density at radius 3 is 2.45 bits per heavy atom. The van der Waals surface area contributed by atoms with Crippen LogP contribution in [0.15, 0.2) is 22.5 Å². The van der Waals surface area contributed by atoms with Gasteiger partial charge in [0.2, 0.25) is 0 Å². The second-order valence-electron chi connectivity index (χ2n) is 6.62. The first-order valence-electron chi connectivity index (χ1n) is 8.25. The van der Waals surface area contributed by atoms with E-state index in [9.17, 15) is 30.0 Å². The summed E-state index contributed by atoms with van der Waals surface area (Å²) in [5.41, 5.74) is 4.86. The molecule has 2 heterocycles. The van der Waals surface area contributed by atoms with Gasteiger partial charge in [-0.1, -0.05) is 5.21 Å². The molecular formula is C14H20F6N5OPS2. The van der Waals surface area contributed by atoms with E-state index in [0.29, 0.717) is 13.1 Å². The molecule has 0 aromatic carbocycles. The number of hydrogen-bond donors (Lipinski definition) is 2. The summed E-state index contributed by atoms with van der Waals surface area (Å²) in [6.45, 7) is 2.15. The van der Waals surface area contributed by atoms with Crippen molar-refractivity contribution in [1.82, 2.24) is 20.3 Å². The summed E-state index contributed by atoms with van der Waals surface area (Å²) in [7, 11) is -10.7. The third kappa shape index (κ3) is 9.32. The van der Waals surface area contributed by atoms with Crippen molar-refractivity contribution in [2.75, 3.05) is 12.8 Å². The Morgan fingerprint density at radius 1 is 1.34 bits per heavy atom. The van der Waals surface area contributed by atoms with E-state index in [4.69, 9.17) is 0 Å². The molecule has 15 heteroatoms. The third-order valence-corrected chi connectivity index (χ3v) is 5.80. The number of quaternary nitrogens is 1. The summed E-state index contributed by atoms with van der Waals surface area (Å²) in [5, 5.41) is 13.2. The van der Waals surface area contributed by atoms with Crippen LogP contribution in [0, 0.1) is 5.41 Å². The Bertz CT molecular complexity index is 854. The molecule has 0 unspecified atom stereocenters. The van der Waals surface area contributed by atoms with Crippen molar-refractivity contribution in [3.63, 3.8) is 0 Å². The zero-order valence-electron chi connectivity index (χ0n) is 15.3. The molecule has 3 rings (SSSR count). The minimum atomic E-state index is -10.7. The van der Waals surface area contributed by atoms with E-state index in [2.05, 4.69) is 21.4 Å². The van der Waals surface area contributed by atoms with Gasteiger partial charge in [-0.05, 0) is 30.5 Å². The van der Waals surface area contributed by atoms with Crippen molar-refractivity contribution >= 4 is 36.8 Å². The SMILES string of the molecule is CSc1ccsc1C(=O)NCC1(Cn2cc(C[NH3+])nn2)CC1.F[P-](F)(F)(F)(F)F. The molecule has 1 saturated carbocycles. The van der Waals surface area contributed by atoms with Gasteiger partial charge in [-0.3, -0.25) is 9.48 Å². The summed E-state index contributed by atoms with van der Waals surface area (Å²) < 4.78 is 61.1. The zero-order valence-corrected chi connectivity index (χ0v) is 17.8. The van der Waals surface area contributed by atoms with Gasteiger partial charge in [0.1, 0.15) is 17.1 Å². The Hall–Kier alpha value is -1.37. The van der Waals surface area contributed by atoms with Gasteiger partial charge in [0.25, 0.3) is 5.91 Å². The Labute approximate surface area is 170 Å². The Morgan fingerprint density at radius 2 is 1.97 bits per heavy atom. The van der Waals surface area contributed by atoms with Crippen LogP contribution in [0.2, 0.25) is 0 Å². The zero-order chi connectivity index (χ0) is 22.0. The van der Waals surface area contributed by atoms with E-state index >= 15 is 0 Å². The predicted octanol–water partition coefficient (Wildman–Crippen LogP) is 4.40. The van der Waals surface area contributed by atoms with Gasteiger partial charge in [-0.25, -0.2) is 0 Å². The Kier molecular flexibility index (Phi) is 6.36. The molecule has 0 spiro atoms. The fourth-order valence-corrected chi connectivity index (χ4v) is 4.08. The van der Waals surface area contributed by atoms with Crippen LogP contribution in [0.5, 0.6) is 0 Å². The van der Waals surface area contributed by atoms with Crippen molar-refractivity contribution in [3.8, 4) is 0 Å². The summed E-state index contributed by atoms with van der Waals surface area (Å²) in [5.74, 6) is 0.0302. The maximum absolute atomic E-state index is 12.3. The first-order chi connectivity index (χ1) is 13.1. The van der Waals surface area contributed by atoms with Crippen molar-refractivity contribution in [2.24, 2.45) is 5.41 Å². The third-order valence-electron chi connectivity index (χ3n) is 3.98. The number of halogens is 6. The topological polar surface area (TPSA) is 87.5 Å². The molecule has 0 bridgehead atoms. The Balaban J connectivity index is 0.000000370. The summed E-state index contributed by atoms with van der Waals surface area (Å²) >= 11 is 3.10. The fraction of sp³-hybridized carbons (Fsp3) is 0.500. The summed E-state index contributed by atoms with van der Waals surface area (Å²) in [6.07, 6.45) is 6.17. The second-order valence-corrected chi connectivity index (χ2v) is 10.3. The number of hydrogen-bond acceptors (Lipinski definition) is 5. The molecule has 2 aromatic heterocycles. The standard InChI is InChI=1S/C14H19N5OS2.F6P/c1-21-11-2-5-22-12(11)13(20)16-8-14(3-4-14)9-19-7-10(6-15)17-18-19;1-7(2,3,4,5)6/h2,5,7H,3-4,6,8-9,15H2,1H3,(H,16,20);/q;-1/p+1. The average Bonchev–Trinajstić information content (AvgIpc) is 2.98. The number of thioether (sulfide) groups is 1. The minimum absolute atomic E-state index is 0.0302. The number of carbonyl (C=O) groups is 1. The van der Waals surface area contributed by atoms with Gasteiger partial charge < -0.3 is 11.1 Å². The monoisotopic (exact) mass is 483 g/mol. The van der Waals surface area contributed by atoms with Crippen LogP contribution >= 0.6 is 30.9 Å². The van der Waals surface area contributed by atoms with Gasteiger partial charge in [-0.2, -0.15) is 0 Å². The maximum atomic E-state index is 12.3. The number of aromatic nitrogens is 3. The molecule has 1 aliphatic rings. The normalized spacial score (nSPS) is 17.5. The van der Waals surface area contributed by atoms with Gasteiger partial charge in [-0.15, -0.1) is 28.2 Å². The average molecular weight is 483 g/mol. The van der Waals surface area contributed by atoms with E-state index < -0.39 is 7.81 Å². The molecule has 0 atom stereocenters. The first-order valence-corrected chi connectivity index (χ1v) is 12.4. The van der Waals surface area contributed by atoms with Crippen molar-refractivity contribution in [1.29, 1.82) is 0 Å². The van der Waals surface area contributed by atoms with Crippen molar-refractivity contribution in [2.45, 2.75) is 30.8 Å². The van der Waals surface area contributed by atoms with Crippen LogP contribution in [0.3, 0.4) is 0 Å². The quantitative estimate of drug-likeness (QED) is 0.347. The molecule has 0 radical (unpaired) electrons. The van der Waals surface area contributed by atoms with Crippen LogP contribution in [0.1, 0.15) is 28.2 Å². The molecule has 6 nitrogen and oxygen atoms in total. The van der Waals surface area contributed by atoms with Crippen LogP contribution in [0.25, 0.3) is 0 Å². The fourth-order valence-electron chi connectivity index (χ4n) is 2.41. The van der Waals surface area contributed by atoms with Crippen molar-refractivity contribution in [3.05, 3.63) is 28.2 Å². The number of amides is 1. The van der Waals surface area contributed by atoms with E-state index in [1.165, 1.54) is 11.3 Å². The number of thiophene rings is 1.